The highest BCUT2D eigenvalue weighted by Crippen LogP contribution is 2.11. The van der Waals surface area contributed by atoms with Crippen LogP contribution in [0.5, 0.6) is 5.75 Å². The zero-order valence-electron chi connectivity index (χ0n) is 12.6. The van der Waals surface area contributed by atoms with Crippen LogP contribution in [-0.4, -0.2) is 27.6 Å². The van der Waals surface area contributed by atoms with Gasteiger partial charge in [0.1, 0.15) is 12.3 Å². The molecule has 7 heteroatoms. The molecule has 0 spiro atoms. The molecule has 0 saturated carbocycles. The van der Waals surface area contributed by atoms with Crippen LogP contribution < -0.4 is 9.30 Å². The summed E-state index contributed by atoms with van der Waals surface area (Å²) >= 11 is 1.27. The smallest absolute Gasteiger partial charge is 0.227 e. The molecule has 22 heavy (non-hydrogen) atoms. The first-order chi connectivity index (χ1) is 10.8. The van der Waals surface area contributed by atoms with Crippen LogP contribution in [0.15, 0.2) is 35.4 Å². The Morgan fingerprint density at radius 3 is 2.91 bits per heavy atom. The van der Waals surface area contributed by atoms with Crippen molar-refractivity contribution < 1.29 is 18.6 Å². The van der Waals surface area contributed by atoms with Gasteiger partial charge >= 0.3 is 0 Å². The number of rotatable bonds is 9. The SMILES string of the molecule is CCC[n+]1ccc(OCCC(=O)SCCc2ncno2)cc1. The fraction of sp³-hybridized carbons (Fsp3) is 0.467. The van der Waals surface area contributed by atoms with Crippen LogP contribution >= 0.6 is 11.8 Å². The molecule has 0 aromatic carbocycles. The van der Waals surface area contributed by atoms with Crippen molar-refractivity contribution in [3.05, 3.63) is 36.7 Å². The van der Waals surface area contributed by atoms with Crippen molar-refractivity contribution in [3.8, 4) is 5.75 Å². The molecule has 2 heterocycles. The first kappa shape index (κ1) is 16.5. The number of carbonyl (C=O) groups is 1. The van der Waals surface area contributed by atoms with E-state index in [-0.39, 0.29) is 5.12 Å². The summed E-state index contributed by atoms with van der Waals surface area (Å²) < 4.78 is 12.5. The lowest BCUT2D eigenvalue weighted by Gasteiger charge is -2.04. The Bertz CT molecular complexity index is 558. The van der Waals surface area contributed by atoms with Crippen LogP contribution in [0.4, 0.5) is 0 Å². The van der Waals surface area contributed by atoms with Gasteiger partial charge in [0, 0.05) is 30.7 Å². The van der Waals surface area contributed by atoms with Crippen molar-refractivity contribution in [1.29, 1.82) is 0 Å². The van der Waals surface area contributed by atoms with E-state index in [1.54, 1.807) is 0 Å². The van der Waals surface area contributed by atoms with Crippen molar-refractivity contribution in [2.75, 3.05) is 12.4 Å². The molecule has 0 aliphatic rings. The number of ether oxygens (including phenoxy) is 1. The number of aromatic nitrogens is 3. The Balaban J connectivity index is 1.60. The topological polar surface area (TPSA) is 69.1 Å². The lowest BCUT2D eigenvalue weighted by atomic mass is 10.4. The fourth-order valence-corrected chi connectivity index (χ4v) is 2.56. The summed E-state index contributed by atoms with van der Waals surface area (Å²) in [6.45, 7) is 3.53. The molecule has 0 radical (unpaired) electrons. The van der Waals surface area contributed by atoms with E-state index in [1.807, 2.05) is 24.5 Å². The van der Waals surface area contributed by atoms with Crippen molar-refractivity contribution in [3.63, 3.8) is 0 Å². The highest BCUT2D eigenvalue weighted by Gasteiger charge is 2.06. The van der Waals surface area contributed by atoms with Gasteiger partial charge in [-0.1, -0.05) is 23.8 Å². The third-order valence-electron chi connectivity index (χ3n) is 2.90. The molecule has 2 rings (SSSR count). The molecule has 118 valence electrons. The van der Waals surface area contributed by atoms with Gasteiger partial charge in [-0.05, 0) is 0 Å². The van der Waals surface area contributed by atoms with E-state index in [1.165, 1.54) is 18.1 Å². The lowest BCUT2D eigenvalue weighted by Crippen LogP contribution is -2.31. The Hall–Kier alpha value is -1.89. The van der Waals surface area contributed by atoms with Gasteiger partial charge in [0.2, 0.25) is 5.89 Å². The predicted molar refractivity (Wildman–Crippen MR) is 82.5 cm³/mol. The van der Waals surface area contributed by atoms with Crippen LogP contribution in [0.1, 0.15) is 25.7 Å². The Kier molecular flexibility index (Phi) is 6.89. The number of hydrogen-bond donors (Lipinski definition) is 0. The van der Waals surface area contributed by atoms with E-state index in [0.717, 1.165) is 18.7 Å². The maximum Gasteiger partial charge on any atom is 0.227 e. The first-order valence-electron chi connectivity index (χ1n) is 7.31. The fourth-order valence-electron chi connectivity index (χ4n) is 1.83. The van der Waals surface area contributed by atoms with Crippen LogP contribution in [-0.2, 0) is 17.8 Å². The molecule has 0 N–H and O–H groups in total. The van der Waals surface area contributed by atoms with Gasteiger partial charge in [0.05, 0.1) is 13.0 Å². The molecule has 0 saturated heterocycles. The van der Waals surface area contributed by atoms with Gasteiger partial charge in [-0.15, -0.1) is 0 Å². The summed E-state index contributed by atoms with van der Waals surface area (Å²) in [7, 11) is 0. The number of pyridine rings is 1. The molecule has 0 aliphatic carbocycles. The van der Waals surface area contributed by atoms with E-state index in [9.17, 15) is 4.79 Å². The largest absolute Gasteiger partial charge is 0.493 e. The maximum atomic E-state index is 11.7. The van der Waals surface area contributed by atoms with Crippen LogP contribution in [0.25, 0.3) is 0 Å². The van der Waals surface area contributed by atoms with E-state index in [2.05, 4.69) is 21.6 Å². The third kappa shape index (κ3) is 5.85. The van der Waals surface area contributed by atoms with Crippen molar-refractivity contribution in [2.24, 2.45) is 0 Å². The van der Waals surface area contributed by atoms with Crippen LogP contribution in [0.3, 0.4) is 0 Å². The summed E-state index contributed by atoms with van der Waals surface area (Å²) in [5.41, 5.74) is 0. The Morgan fingerprint density at radius 2 is 2.23 bits per heavy atom. The summed E-state index contributed by atoms with van der Waals surface area (Å²) in [6.07, 6.45) is 7.42. The van der Waals surface area contributed by atoms with Crippen molar-refractivity contribution in [2.45, 2.75) is 32.7 Å². The van der Waals surface area contributed by atoms with Crippen LogP contribution in [0, 0.1) is 0 Å². The van der Waals surface area contributed by atoms with E-state index in [0.29, 0.717) is 31.1 Å². The zero-order chi connectivity index (χ0) is 15.6. The van der Waals surface area contributed by atoms with E-state index in [4.69, 9.17) is 9.26 Å². The molecule has 0 unspecified atom stereocenters. The summed E-state index contributed by atoms with van der Waals surface area (Å²) in [5, 5.41) is 3.63. The van der Waals surface area contributed by atoms with Crippen molar-refractivity contribution in [1.82, 2.24) is 10.1 Å². The highest BCUT2D eigenvalue weighted by atomic mass is 32.2. The Labute approximate surface area is 133 Å². The number of thioether (sulfide) groups is 1. The molecule has 0 fully saturated rings. The van der Waals surface area contributed by atoms with E-state index < -0.39 is 0 Å². The van der Waals surface area contributed by atoms with Gasteiger partial charge in [-0.25, -0.2) is 4.57 Å². The van der Waals surface area contributed by atoms with Gasteiger partial charge < -0.3 is 9.26 Å². The minimum atomic E-state index is 0.108. The standard InChI is InChI=1S/C15H20N3O3S/c1-2-7-18-8-3-13(4-9-18)20-10-5-15(19)22-11-6-14-16-12-17-21-14/h3-4,8-9,12H,2,5-7,10-11H2,1H3/q+1. The normalized spacial score (nSPS) is 10.6. The molecule has 2 aromatic heterocycles. The second kappa shape index (κ2) is 9.19. The van der Waals surface area contributed by atoms with E-state index >= 15 is 0 Å². The van der Waals surface area contributed by atoms with Gasteiger partial charge in [-0.3, -0.25) is 4.79 Å². The number of carbonyl (C=O) groups excluding carboxylic acids is 1. The Morgan fingerprint density at radius 1 is 1.41 bits per heavy atom. The molecule has 0 aliphatic heterocycles. The second-order valence-electron chi connectivity index (χ2n) is 4.68. The quantitative estimate of drug-likeness (QED) is 0.658. The minimum absolute atomic E-state index is 0.108. The highest BCUT2D eigenvalue weighted by molar-refractivity contribution is 8.13. The molecular weight excluding hydrogens is 302 g/mol. The van der Waals surface area contributed by atoms with Crippen LogP contribution in [0.2, 0.25) is 0 Å². The average molecular weight is 322 g/mol. The monoisotopic (exact) mass is 322 g/mol. The predicted octanol–water partition coefficient (Wildman–Crippen LogP) is 2.04. The summed E-state index contributed by atoms with van der Waals surface area (Å²) in [6, 6.07) is 3.84. The number of aryl methyl sites for hydroxylation is 2. The third-order valence-corrected chi connectivity index (χ3v) is 3.84. The molecule has 2 aromatic rings. The molecule has 6 nitrogen and oxygen atoms in total. The van der Waals surface area contributed by atoms with Gasteiger partial charge in [-0.2, -0.15) is 4.98 Å². The molecule has 0 bridgehead atoms. The maximum absolute atomic E-state index is 11.7. The number of hydrogen-bond acceptors (Lipinski definition) is 6. The van der Waals surface area contributed by atoms with Gasteiger partial charge in [0.15, 0.2) is 23.8 Å². The van der Waals surface area contributed by atoms with Gasteiger partial charge in [0.25, 0.3) is 0 Å². The first-order valence-corrected chi connectivity index (χ1v) is 8.29. The number of nitrogens with zero attached hydrogens (tertiary/aromatic N) is 3. The summed E-state index contributed by atoms with van der Waals surface area (Å²) in [4.78, 5) is 15.6. The zero-order valence-corrected chi connectivity index (χ0v) is 13.4. The summed E-state index contributed by atoms with van der Waals surface area (Å²) in [5.74, 6) is 1.99. The molecule has 0 atom stereocenters. The minimum Gasteiger partial charge on any atom is -0.493 e. The second-order valence-corrected chi connectivity index (χ2v) is 5.83. The lowest BCUT2D eigenvalue weighted by molar-refractivity contribution is -0.697. The molecular formula is C15H20N3O3S+. The molecule has 0 amide bonds. The average Bonchev–Trinajstić information content (AvgIpc) is 3.03. The van der Waals surface area contributed by atoms with Crippen molar-refractivity contribution >= 4 is 16.9 Å².